The molecule has 0 bridgehead atoms. The third-order valence-corrected chi connectivity index (χ3v) is 4.49. The van der Waals surface area contributed by atoms with Gasteiger partial charge in [0.1, 0.15) is 12.3 Å². The van der Waals surface area contributed by atoms with E-state index in [1.54, 1.807) is 10.9 Å². The molecular formula is C13H17N5O2S. The maximum Gasteiger partial charge on any atom is 0.235 e. The lowest BCUT2D eigenvalue weighted by atomic mass is 10.4. The molecule has 7 nitrogen and oxygen atoms in total. The van der Waals surface area contributed by atoms with E-state index in [0.717, 1.165) is 31.7 Å². The predicted octanol–water partition coefficient (Wildman–Crippen LogP) is 1.42. The molecule has 1 aliphatic heterocycles. The summed E-state index contributed by atoms with van der Waals surface area (Å²) in [6, 6.07) is 3.70. The average molecular weight is 307 g/mol. The summed E-state index contributed by atoms with van der Waals surface area (Å²) in [5.41, 5.74) is 0. The Bertz CT molecular complexity index is 591. The van der Waals surface area contributed by atoms with Crippen LogP contribution in [0.15, 0.2) is 28.0 Å². The SMILES string of the molecule is CC(Sc1nnnn1Cc1ccco1)C(=O)N1CCCC1. The second-order valence-electron chi connectivity index (χ2n) is 4.99. The van der Waals surface area contributed by atoms with Crippen LogP contribution in [0.2, 0.25) is 0 Å². The summed E-state index contributed by atoms with van der Waals surface area (Å²) >= 11 is 1.39. The molecule has 21 heavy (non-hydrogen) atoms. The van der Waals surface area contributed by atoms with Gasteiger partial charge in [0, 0.05) is 13.1 Å². The first-order valence-corrected chi connectivity index (χ1v) is 7.86. The molecule has 1 aliphatic rings. The van der Waals surface area contributed by atoms with Crippen LogP contribution < -0.4 is 0 Å². The van der Waals surface area contributed by atoms with Gasteiger partial charge in [-0.3, -0.25) is 4.79 Å². The Balaban J connectivity index is 1.64. The van der Waals surface area contributed by atoms with Gasteiger partial charge in [0.2, 0.25) is 11.1 Å². The van der Waals surface area contributed by atoms with Crippen LogP contribution in [-0.2, 0) is 11.3 Å². The minimum Gasteiger partial charge on any atom is -0.467 e. The molecule has 1 amide bonds. The van der Waals surface area contributed by atoms with Gasteiger partial charge in [0.05, 0.1) is 11.5 Å². The third-order valence-electron chi connectivity index (χ3n) is 3.43. The Kier molecular flexibility index (Phi) is 4.23. The van der Waals surface area contributed by atoms with Crippen LogP contribution in [-0.4, -0.2) is 49.4 Å². The van der Waals surface area contributed by atoms with E-state index in [-0.39, 0.29) is 11.2 Å². The average Bonchev–Trinajstić information content (AvgIpc) is 3.21. The minimum atomic E-state index is -0.190. The van der Waals surface area contributed by atoms with E-state index in [9.17, 15) is 4.79 Å². The van der Waals surface area contributed by atoms with Gasteiger partial charge in [-0.1, -0.05) is 11.8 Å². The second kappa shape index (κ2) is 6.30. The lowest BCUT2D eigenvalue weighted by Gasteiger charge is -2.19. The molecule has 1 saturated heterocycles. The number of rotatable bonds is 5. The van der Waals surface area contributed by atoms with E-state index in [2.05, 4.69) is 15.5 Å². The lowest BCUT2D eigenvalue weighted by molar-refractivity contribution is -0.129. The summed E-state index contributed by atoms with van der Waals surface area (Å²) in [6.07, 6.45) is 3.81. The Morgan fingerprint density at radius 2 is 2.29 bits per heavy atom. The number of thioether (sulfide) groups is 1. The minimum absolute atomic E-state index is 0.157. The standard InChI is InChI=1S/C13H17N5O2S/c1-10(12(19)17-6-2-3-7-17)21-13-14-15-16-18(13)9-11-5-4-8-20-11/h4-5,8,10H,2-3,6-7,9H2,1H3. The highest BCUT2D eigenvalue weighted by Gasteiger charge is 2.25. The van der Waals surface area contributed by atoms with E-state index in [4.69, 9.17) is 4.42 Å². The van der Waals surface area contributed by atoms with Crippen molar-refractivity contribution < 1.29 is 9.21 Å². The molecule has 0 spiro atoms. The molecule has 1 fully saturated rings. The molecule has 2 aromatic rings. The summed E-state index contributed by atoms with van der Waals surface area (Å²) in [6.45, 7) is 4.09. The second-order valence-corrected chi connectivity index (χ2v) is 6.30. The van der Waals surface area contributed by atoms with Crippen molar-refractivity contribution in [1.29, 1.82) is 0 Å². The summed E-state index contributed by atoms with van der Waals surface area (Å²) in [4.78, 5) is 14.2. The zero-order valence-electron chi connectivity index (χ0n) is 11.8. The van der Waals surface area contributed by atoms with Crippen LogP contribution in [0, 0.1) is 0 Å². The van der Waals surface area contributed by atoms with Gasteiger partial charge < -0.3 is 9.32 Å². The molecule has 0 saturated carbocycles. The van der Waals surface area contributed by atoms with Crippen molar-refractivity contribution in [1.82, 2.24) is 25.1 Å². The van der Waals surface area contributed by atoms with Gasteiger partial charge in [0.25, 0.3) is 0 Å². The van der Waals surface area contributed by atoms with E-state index >= 15 is 0 Å². The van der Waals surface area contributed by atoms with Crippen molar-refractivity contribution in [3.8, 4) is 0 Å². The summed E-state index contributed by atoms with van der Waals surface area (Å²) in [5, 5.41) is 12.1. The van der Waals surface area contributed by atoms with Crippen LogP contribution in [0.1, 0.15) is 25.5 Å². The largest absolute Gasteiger partial charge is 0.467 e. The lowest BCUT2D eigenvalue weighted by Crippen LogP contribution is -2.34. The van der Waals surface area contributed by atoms with Gasteiger partial charge in [-0.2, -0.15) is 0 Å². The summed E-state index contributed by atoms with van der Waals surface area (Å²) < 4.78 is 6.94. The molecule has 0 N–H and O–H groups in total. The molecule has 8 heteroatoms. The zero-order valence-corrected chi connectivity index (χ0v) is 12.6. The van der Waals surface area contributed by atoms with Crippen LogP contribution in [0.5, 0.6) is 0 Å². The third kappa shape index (κ3) is 3.26. The number of nitrogens with zero attached hydrogens (tertiary/aromatic N) is 5. The van der Waals surface area contributed by atoms with Gasteiger partial charge in [-0.05, 0) is 42.3 Å². The Morgan fingerprint density at radius 1 is 1.48 bits per heavy atom. The molecular weight excluding hydrogens is 290 g/mol. The van der Waals surface area contributed by atoms with Gasteiger partial charge in [-0.15, -0.1) is 5.10 Å². The molecule has 0 radical (unpaired) electrons. The number of hydrogen-bond donors (Lipinski definition) is 0. The number of hydrogen-bond acceptors (Lipinski definition) is 6. The highest BCUT2D eigenvalue weighted by molar-refractivity contribution is 8.00. The van der Waals surface area contributed by atoms with Crippen molar-refractivity contribution in [2.24, 2.45) is 0 Å². The molecule has 3 heterocycles. The van der Waals surface area contributed by atoms with Crippen molar-refractivity contribution in [2.45, 2.75) is 36.7 Å². The molecule has 0 aliphatic carbocycles. The Morgan fingerprint density at radius 3 is 3.00 bits per heavy atom. The van der Waals surface area contributed by atoms with Crippen LogP contribution in [0.3, 0.4) is 0 Å². The molecule has 1 unspecified atom stereocenters. The summed E-state index contributed by atoms with van der Waals surface area (Å²) in [7, 11) is 0. The highest BCUT2D eigenvalue weighted by atomic mass is 32.2. The van der Waals surface area contributed by atoms with E-state index < -0.39 is 0 Å². The number of aromatic nitrogens is 4. The van der Waals surface area contributed by atoms with Crippen LogP contribution >= 0.6 is 11.8 Å². The number of tetrazole rings is 1. The smallest absolute Gasteiger partial charge is 0.235 e. The van der Waals surface area contributed by atoms with Crippen molar-refractivity contribution in [2.75, 3.05) is 13.1 Å². The number of likely N-dealkylation sites (tertiary alicyclic amines) is 1. The first-order valence-electron chi connectivity index (χ1n) is 6.98. The first kappa shape index (κ1) is 14.1. The summed E-state index contributed by atoms with van der Waals surface area (Å²) in [5.74, 6) is 0.938. The van der Waals surface area contributed by atoms with Gasteiger partial charge in [-0.25, -0.2) is 4.68 Å². The monoisotopic (exact) mass is 307 g/mol. The quantitative estimate of drug-likeness (QED) is 0.777. The number of amides is 1. The van der Waals surface area contributed by atoms with Crippen LogP contribution in [0.25, 0.3) is 0 Å². The number of carbonyl (C=O) groups is 1. The van der Waals surface area contributed by atoms with Crippen molar-refractivity contribution in [3.05, 3.63) is 24.2 Å². The van der Waals surface area contributed by atoms with Gasteiger partial charge >= 0.3 is 0 Å². The molecule has 3 rings (SSSR count). The fourth-order valence-electron chi connectivity index (χ4n) is 2.33. The predicted molar refractivity (Wildman–Crippen MR) is 76.8 cm³/mol. The van der Waals surface area contributed by atoms with Crippen molar-refractivity contribution in [3.63, 3.8) is 0 Å². The first-order chi connectivity index (χ1) is 10.2. The Labute approximate surface area is 126 Å². The fraction of sp³-hybridized carbons (Fsp3) is 0.538. The van der Waals surface area contributed by atoms with E-state index in [1.807, 2.05) is 24.0 Å². The molecule has 0 aromatic carbocycles. The van der Waals surface area contributed by atoms with Crippen molar-refractivity contribution >= 4 is 17.7 Å². The van der Waals surface area contributed by atoms with E-state index in [0.29, 0.717) is 11.7 Å². The van der Waals surface area contributed by atoms with Gasteiger partial charge in [0.15, 0.2) is 0 Å². The zero-order chi connectivity index (χ0) is 14.7. The number of carbonyl (C=O) groups excluding carboxylic acids is 1. The normalized spacial score (nSPS) is 16.3. The number of furan rings is 1. The molecule has 1 atom stereocenters. The molecule has 2 aromatic heterocycles. The maximum atomic E-state index is 12.3. The van der Waals surface area contributed by atoms with Crippen LogP contribution in [0.4, 0.5) is 0 Å². The molecule has 112 valence electrons. The topological polar surface area (TPSA) is 77.0 Å². The highest BCUT2D eigenvalue weighted by Crippen LogP contribution is 2.23. The maximum absolute atomic E-state index is 12.3. The fourth-order valence-corrected chi connectivity index (χ4v) is 3.21. The van der Waals surface area contributed by atoms with E-state index in [1.165, 1.54) is 11.8 Å². The Hall–Kier alpha value is -1.83.